The lowest BCUT2D eigenvalue weighted by atomic mass is 9.95. The molecule has 0 radical (unpaired) electrons. The van der Waals surface area contributed by atoms with Gasteiger partial charge >= 0.3 is 0 Å². The van der Waals surface area contributed by atoms with Gasteiger partial charge in [-0.05, 0) is 24.6 Å². The minimum atomic E-state index is -0.539. The summed E-state index contributed by atoms with van der Waals surface area (Å²) in [6.07, 6.45) is 0. The molecule has 1 atom stereocenters. The van der Waals surface area contributed by atoms with E-state index in [0.29, 0.717) is 5.56 Å². The molecule has 0 amide bonds. The second kappa shape index (κ2) is 3.69. The summed E-state index contributed by atoms with van der Waals surface area (Å²) >= 11 is 0. The van der Waals surface area contributed by atoms with E-state index in [0.717, 1.165) is 11.6 Å². The molecule has 0 fully saturated rings. The molecule has 0 saturated heterocycles. The zero-order valence-corrected chi connectivity index (χ0v) is 7.77. The van der Waals surface area contributed by atoms with Crippen molar-refractivity contribution in [1.29, 1.82) is 0 Å². The topological polar surface area (TPSA) is 0 Å². The number of rotatable bonds is 2. The van der Waals surface area contributed by atoms with Crippen molar-refractivity contribution in [2.45, 2.75) is 19.8 Å². The lowest BCUT2D eigenvalue weighted by Crippen LogP contribution is -1.96. The second-order valence-corrected chi connectivity index (χ2v) is 3.27. The summed E-state index contributed by atoms with van der Waals surface area (Å²) in [6.45, 7) is 7.46. The van der Waals surface area contributed by atoms with Crippen molar-refractivity contribution in [3.05, 3.63) is 47.5 Å². The van der Waals surface area contributed by atoms with Crippen molar-refractivity contribution < 1.29 is 8.78 Å². The van der Waals surface area contributed by atoms with E-state index in [-0.39, 0.29) is 5.92 Å². The maximum atomic E-state index is 12.8. The van der Waals surface area contributed by atoms with Crippen LogP contribution in [0.4, 0.5) is 8.78 Å². The van der Waals surface area contributed by atoms with Gasteiger partial charge < -0.3 is 0 Å². The molecule has 0 aliphatic heterocycles. The van der Waals surface area contributed by atoms with Gasteiger partial charge in [-0.3, -0.25) is 0 Å². The van der Waals surface area contributed by atoms with E-state index in [1.165, 1.54) is 12.1 Å². The van der Waals surface area contributed by atoms with Gasteiger partial charge in [-0.1, -0.05) is 19.1 Å². The Balaban J connectivity index is 3.07. The van der Waals surface area contributed by atoms with Crippen LogP contribution in [0.15, 0.2) is 30.4 Å². The van der Waals surface area contributed by atoms with Crippen molar-refractivity contribution >= 4 is 0 Å². The summed E-state index contributed by atoms with van der Waals surface area (Å²) in [5.41, 5.74) is 1.52. The number of hydrogen-bond donors (Lipinski definition) is 0. The molecule has 0 saturated carbocycles. The molecule has 0 spiro atoms. The molecule has 1 aromatic carbocycles. The van der Waals surface area contributed by atoms with Crippen LogP contribution in [0.3, 0.4) is 0 Å². The van der Waals surface area contributed by atoms with Gasteiger partial charge in [0.25, 0.3) is 0 Å². The Kier molecular flexibility index (Phi) is 2.81. The van der Waals surface area contributed by atoms with E-state index in [2.05, 4.69) is 6.58 Å². The summed E-state index contributed by atoms with van der Waals surface area (Å²) in [4.78, 5) is 0. The van der Waals surface area contributed by atoms with Crippen LogP contribution in [0.1, 0.15) is 25.3 Å². The van der Waals surface area contributed by atoms with E-state index >= 15 is 0 Å². The third-order valence-corrected chi connectivity index (χ3v) is 2.12. The summed E-state index contributed by atoms with van der Waals surface area (Å²) in [6, 6.07) is 3.54. The number of halogens is 2. The van der Waals surface area contributed by atoms with E-state index in [1.807, 2.05) is 13.8 Å². The molecule has 0 aliphatic carbocycles. The Morgan fingerprint density at radius 1 is 1.23 bits per heavy atom. The Hall–Kier alpha value is -1.18. The monoisotopic (exact) mass is 182 g/mol. The third kappa shape index (κ3) is 2.38. The SMILES string of the molecule is C=C(C)C(C)c1cc(F)cc(F)c1. The Bertz CT molecular complexity index is 309. The largest absolute Gasteiger partial charge is 0.207 e. The van der Waals surface area contributed by atoms with E-state index in [1.54, 1.807) is 0 Å². The fraction of sp³-hybridized carbons (Fsp3) is 0.273. The van der Waals surface area contributed by atoms with Gasteiger partial charge in [-0.25, -0.2) is 8.78 Å². The first-order chi connectivity index (χ1) is 6.00. The molecule has 0 nitrogen and oxygen atoms in total. The van der Waals surface area contributed by atoms with Crippen molar-refractivity contribution in [3.63, 3.8) is 0 Å². The molecule has 1 aromatic rings. The quantitative estimate of drug-likeness (QED) is 0.612. The standard InChI is InChI=1S/C11H12F2/c1-7(2)8(3)9-4-10(12)6-11(13)5-9/h4-6,8H,1H2,2-3H3. The number of allylic oxidation sites excluding steroid dienone is 1. The first-order valence-electron chi connectivity index (χ1n) is 4.12. The van der Waals surface area contributed by atoms with Gasteiger partial charge in [0.05, 0.1) is 0 Å². The highest BCUT2D eigenvalue weighted by molar-refractivity contribution is 5.27. The van der Waals surface area contributed by atoms with Crippen LogP contribution in [0.5, 0.6) is 0 Å². The Labute approximate surface area is 76.9 Å². The Morgan fingerprint density at radius 2 is 1.69 bits per heavy atom. The molecule has 1 unspecified atom stereocenters. The molecule has 0 bridgehead atoms. The highest BCUT2D eigenvalue weighted by Gasteiger charge is 2.08. The van der Waals surface area contributed by atoms with Gasteiger partial charge in [0.15, 0.2) is 0 Å². The number of benzene rings is 1. The van der Waals surface area contributed by atoms with Gasteiger partial charge in [0, 0.05) is 12.0 Å². The van der Waals surface area contributed by atoms with Crippen LogP contribution in [0, 0.1) is 11.6 Å². The predicted molar refractivity (Wildman–Crippen MR) is 49.6 cm³/mol. The fourth-order valence-corrected chi connectivity index (χ4v) is 1.11. The predicted octanol–water partition coefficient (Wildman–Crippen LogP) is 3.64. The van der Waals surface area contributed by atoms with Crippen molar-refractivity contribution in [1.82, 2.24) is 0 Å². The van der Waals surface area contributed by atoms with Crippen LogP contribution >= 0.6 is 0 Å². The van der Waals surface area contributed by atoms with E-state index in [9.17, 15) is 8.78 Å². The van der Waals surface area contributed by atoms with Gasteiger partial charge in [0.1, 0.15) is 11.6 Å². The highest BCUT2D eigenvalue weighted by Crippen LogP contribution is 2.23. The molecule has 2 heteroatoms. The molecule has 1 rings (SSSR count). The normalized spacial score (nSPS) is 12.6. The summed E-state index contributed by atoms with van der Waals surface area (Å²) in [5, 5.41) is 0. The molecule has 0 N–H and O–H groups in total. The highest BCUT2D eigenvalue weighted by atomic mass is 19.1. The molecule has 13 heavy (non-hydrogen) atoms. The molecule has 0 aromatic heterocycles. The number of hydrogen-bond acceptors (Lipinski definition) is 0. The maximum Gasteiger partial charge on any atom is 0.126 e. The van der Waals surface area contributed by atoms with Crippen LogP contribution in [0.2, 0.25) is 0 Å². The van der Waals surface area contributed by atoms with Crippen LogP contribution in [-0.2, 0) is 0 Å². The third-order valence-electron chi connectivity index (χ3n) is 2.12. The average molecular weight is 182 g/mol. The first-order valence-corrected chi connectivity index (χ1v) is 4.12. The average Bonchev–Trinajstić information content (AvgIpc) is 2.01. The van der Waals surface area contributed by atoms with Gasteiger partial charge in [-0.2, -0.15) is 0 Å². The maximum absolute atomic E-state index is 12.8. The van der Waals surface area contributed by atoms with Gasteiger partial charge in [-0.15, -0.1) is 0 Å². The summed E-state index contributed by atoms with van der Waals surface area (Å²) in [7, 11) is 0. The van der Waals surface area contributed by atoms with Crippen molar-refractivity contribution in [2.24, 2.45) is 0 Å². The van der Waals surface area contributed by atoms with Gasteiger partial charge in [0.2, 0.25) is 0 Å². The fourth-order valence-electron chi connectivity index (χ4n) is 1.11. The van der Waals surface area contributed by atoms with Crippen LogP contribution < -0.4 is 0 Å². The lowest BCUT2D eigenvalue weighted by Gasteiger charge is -2.11. The molecule has 0 aliphatic rings. The molecular formula is C11H12F2. The first kappa shape index (κ1) is 9.90. The van der Waals surface area contributed by atoms with E-state index in [4.69, 9.17) is 0 Å². The minimum absolute atomic E-state index is 0.00907. The van der Waals surface area contributed by atoms with Crippen molar-refractivity contribution in [2.75, 3.05) is 0 Å². The lowest BCUT2D eigenvalue weighted by molar-refractivity contribution is 0.578. The second-order valence-electron chi connectivity index (χ2n) is 3.27. The zero-order chi connectivity index (χ0) is 10.0. The molecule has 70 valence electrons. The smallest absolute Gasteiger partial charge is 0.126 e. The summed E-state index contributed by atoms with van der Waals surface area (Å²) < 4.78 is 25.6. The summed E-state index contributed by atoms with van der Waals surface area (Å²) in [5.74, 6) is -1.09. The van der Waals surface area contributed by atoms with E-state index < -0.39 is 11.6 Å². The minimum Gasteiger partial charge on any atom is -0.207 e. The zero-order valence-electron chi connectivity index (χ0n) is 7.77. The Morgan fingerprint density at radius 3 is 2.08 bits per heavy atom. The molecule has 0 heterocycles. The van der Waals surface area contributed by atoms with Crippen LogP contribution in [-0.4, -0.2) is 0 Å². The van der Waals surface area contributed by atoms with Crippen LogP contribution in [0.25, 0.3) is 0 Å². The van der Waals surface area contributed by atoms with Crippen molar-refractivity contribution in [3.8, 4) is 0 Å². The molecular weight excluding hydrogens is 170 g/mol.